The fourth-order valence-corrected chi connectivity index (χ4v) is 3.98. The molecule has 1 atom stereocenters. The molecule has 0 bridgehead atoms. The van der Waals surface area contributed by atoms with E-state index in [1.807, 2.05) is 37.3 Å². The van der Waals surface area contributed by atoms with E-state index in [-0.39, 0.29) is 16.3 Å². The zero-order chi connectivity index (χ0) is 23.9. The summed E-state index contributed by atoms with van der Waals surface area (Å²) in [6.45, 7) is 5.22. The number of rotatable bonds is 4. The molecule has 1 unspecified atom stereocenters. The van der Waals surface area contributed by atoms with Gasteiger partial charge in [-0.15, -0.1) is 0 Å². The predicted molar refractivity (Wildman–Crippen MR) is 124 cm³/mol. The molecule has 0 aliphatic rings. The summed E-state index contributed by atoms with van der Waals surface area (Å²) in [5.74, 6) is 0.426. The average Bonchev–Trinajstić information content (AvgIpc) is 2.77. The molecule has 170 valence electrons. The molecule has 0 spiro atoms. The van der Waals surface area contributed by atoms with Crippen LogP contribution in [0.2, 0.25) is 5.15 Å². The van der Waals surface area contributed by atoms with Crippen molar-refractivity contribution < 1.29 is 17.6 Å². The van der Waals surface area contributed by atoms with Crippen molar-refractivity contribution in [2.24, 2.45) is 0 Å². The molecule has 8 heteroatoms. The number of anilines is 1. The molecular weight excluding hydrogens is 453 g/mol. The minimum absolute atomic E-state index is 0.184. The van der Waals surface area contributed by atoms with E-state index in [2.05, 4.69) is 10.3 Å². The van der Waals surface area contributed by atoms with E-state index in [1.165, 1.54) is 12.1 Å². The highest BCUT2D eigenvalue weighted by Gasteiger charge is 2.36. The summed E-state index contributed by atoms with van der Waals surface area (Å²) < 4.78 is 46.8. The van der Waals surface area contributed by atoms with Gasteiger partial charge in [0.25, 0.3) is 0 Å². The monoisotopic (exact) mass is 472 g/mol. The average molecular weight is 473 g/mol. The largest absolute Gasteiger partial charge is 0.455 e. The van der Waals surface area contributed by atoms with Crippen molar-refractivity contribution in [2.75, 3.05) is 5.32 Å². The van der Waals surface area contributed by atoms with E-state index < -0.39 is 17.9 Å². The lowest BCUT2D eigenvalue weighted by Gasteiger charge is -2.21. The van der Waals surface area contributed by atoms with Gasteiger partial charge in [0.05, 0.1) is 17.1 Å². The molecule has 0 radical (unpaired) electrons. The van der Waals surface area contributed by atoms with Crippen LogP contribution in [0.25, 0.3) is 22.3 Å². The number of alkyl halides is 3. The normalized spacial score (nSPS) is 12.7. The number of aryl methyl sites for hydroxylation is 1. The lowest BCUT2D eigenvalue weighted by atomic mass is 9.98. The Morgan fingerprint density at radius 2 is 1.76 bits per heavy atom. The molecule has 4 aromatic rings. The smallest absolute Gasteiger partial charge is 0.435 e. The molecule has 33 heavy (non-hydrogen) atoms. The van der Waals surface area contributed by atoms with E-state index in [0.29, 0.717) is 27.9 Å². The van der Waals surface area contributed by atoms with Crippen molar-refractivity contribution in [3.63, 3.8) is 0 Å². The minimum atomic E-state index is -4.69. The fourth-order valence-electron chi connectivity index (χ4n) is 3.83. The molecule has 1 N–H and O–H groups in total. The van der Waals surface area contributed by atoms with Gasteiger partial charge in [-0.05, 0) is 44.5 Å². The first-order chi connectivity index (χ1) is 15.6. The zero-order valence-corrected chi connectivity index (χ0v) is 18.8. The number of nitrogens with one attached hydrogen (secondary N) is 1. The standard InChI is InChI=1S/C25H20ClF3N2O2/c1-13-11-17(15(3)30-19-9-10-20(26)31-24(19)25(27,28)29)23-18(12-13)21(32)14(2)22(33-23)16-7-5-4-6-8-16/h4-12,15,30H,1-3H3. The summed E-state index contributed by atoms with van der Waals surface area (Å²) in [5, 5.41) is 2.99. The second-order valence-electron chi connectivity index (χ2n) is 7.88. The zero-order valence-electron chi connectivity index (χ0n) is 18.0. The maximum Gasteiger partial charge on any atom is 0.435 e. The van der Waals surface area contributed by atoms with Gasteiger partial charge in [0, 0.05) is 16.7 Å². The van der Waals surface area contributed by atoms with Crippen LogP contribution in [0.4, 0.5) is 18.9 Å². The van der Waals surface area contributed by atoms with Crippen LogP contribution in [-0.2, 0) is 6.18 Å². The van der Waals surface area contributed by atoms with Crippen molar-refractivity contribution >= 4 is 28.3 Å². The van der Waals surface area contributed by atoms with Crippen molar-refractivity contribution in [3.8, 4) is 11.3 Å². The van der Waals surface area contributed by atoms with Crippen LogP contribution in [0.3, 0.4) is 0 Å². The first-order valence-electron chi connectivity index (χ1n) is 10.2. The summed E-state index contributed by atoms with van der Waals surface area (Å²) >= 11 is 5.69. The topological polar surface area (TPSA) is 55.1 Å². The number of fused-ring (bicyclic) bond motifs is 1. The van der Waals surface area contributed by atoms with Gasteiger partial charge in [-0.1, -0.05) is 48.0 Å². The third-order valence-electron chi connectivity index (χ3n) is 5.40. The molecule has 2 aromatic heterocycles. The van der Waals surface area contributed by atoms with Gasteiger partial charge in [-0.3, -0.25) is 4.79 Å². The molecule has 0 aliphatic carbocycles. The first kappa shape index (κ1) is 22.9. The van der Waals surface area contributed by atoms with Gasteiger partial charge in [0.15, 0.2) is 11.1 Å². The maximum absolute atomic E-state index is 13.5. The minimum Gasteiger partial charge on any atom is -0.455 e. The second-order valence-corrected chi connectivity index (χ2v) is 8.26. The van der Waals surface area contributed by atoms with E-state index in [9.17, 15) is 18.0 Å². The Bertz CT molecular complexity index is 1400. The van der Waals surface area contributed by atoms with Crippen molar-refractivity contribution in [3.05, 3.63) is 92.4 Å². The lowest BCUT2D eigenvalue weighted by Crippen LogP contribution is -2.16. The molecule has 2 aromatic carbocycles. The Labute approximate surface area is 193 Å². The number of pyridine rings is 1. The van der Waals surface area contributed by atoms with Crippen molar-refractivity contribution in [1.29, 1.82) is 0 Å². The van der Waals surface area contributed by atoms with E-state index in [1.54, 1.807) is 26.0 Å². The summed E-state index contributed by atoms with van der Waals surface area (Å²) in [6.07, 6.45) is -4.69. The van der Waals surface area contributed by atoms with Gasteiger partial charge in [-0.2, -0.15) is 13.2 Å². The number of aromatic nitrogens is 1. The third-order valence-corrected chi connectivity index (χ3v) is 5.61. The molecule has 4 rings (SSSR count). The number of hydrogen-bond acceptors (Lipinski definition) is 4. The van der Waals surface area contributed by atoms with Crippen LogP contribution in [-0.4, -0.2) is 4.98 Å². The second kappa shape index (κ2) is 8.56. The maximum atomic E-state index is 13.5. The van der Waals surface area contributed by atoms with Crippen LogP contribution in [0.1, 0.15) is 35.3 Å². The van der Waals surface area contributed by atoms with Crippen LogP contribution in [0, 0.1) is 13.8 Å². The Morgan fingerprint density at radius 1 is 1.06 bits per heavy atom. The number of benzene rings is 2. The SMILES string of the molecule is Cc1cc(C(C)Nc2ccc(Cl)nc2C(F)(F)F)c2oc(-c3ccccc3)c(C)c(=O)c2c1. The van der Waals surface area contributed by atoms with Gasteiger partial charge in [0.2, 0.25) is 0 Å². The highest BCUT2D eigenvalue weighted by atomic mass is 35.5. The van der Waals surface area contributed by atoms with Crippen LogP contribution in [0.15, 0.2) is 63.8 Å². The highest BCUT2D eigenvalue weighted by Crippen LogP contribution is 2.37. The molecule has 4 nitrogen and oxygen atoms in total. The Kier molecular flexibility index (Phi) is 5.93. The molecule has 2 heterocycles. The number of nitrogens with zero attached hydrogens (tertiary/aromatic N) is 1. The Balaban J connectivity index is 1.88. The Hall–Kier alpha value is -3.32. The summed E-state index contributed by atoms with van der Waals surface area (Å²) in [6, 6.07) is 14.6. The van der Waals surface area contributed by atoms with Crippen LogP contribution < -0.4 is 10.7 Å². The van der Waals surface area contributed by atoms with Crippen LogP contribution >= 0.6 is 11.6 Å². The molecule has 0 saturated carbocycles. The number of halogens is 4. The first-order valence-corrected chi connectivity index (χ1v) is 10.6. The molecule has 0 saturated heterocycles. The Morgan fingerprint density at radius 3 is 2.42 bits per heavy atom. The summed E-state index contributed by atoms with van der Waals surface area (Å²) in [7, 11) is 0. The van der Waals surface area contributed by atoms with Gasteiger partial charge in [0.1, 0.15) is 16.5 Å². The van der Waals surface area contributed by atoms with Crippen molar-refractivity contribution in [2.45, 2.75) is 33.0 Å². The van der Waals surface area contributed by atoms with Crippen molar-refractivity contribution in [1.82, 2.24) is 4.98 Å². The summed E-state index contributed by atoms with van der Waals surface area (Å²) in [4.78, 5) is 16.6. The molecule has 0 fully saturated rings. The van der Waals surface area contributed by atoms with E-state index in [0.717, 1.165) is 11.1 Å². The van der Waals surface area contributed by atoms with Gasteiger partial charge < -0.3 is 9.73 Å². The molecular formula is C25H20ClF3N2O2. The van der Waals surface area contributed by atoms with Gasteiger partial charge in [-0.25, -0.2) is 4.98 Å². The van der Waals surface area contributed by atoms with E-state index >= 15 is 0 Å². The fraction of sp³-hybridized carbons (Fsp3) is 0.200. The summed E-state index contributed by atoms with van der Waals surface area (Å²) in [5.41, 5.74) is 1.36. The molecule has 0 amide bonds. The van der Waals surface area contributed by atoms with Crippen LogP contribution in [0.5, 0.6) is 0 Å². The molecule has 0 aliphatic heterocycles. The predicted octanol–water partition coefficient (Wildman–Crippen LogP) is 7.32. The number of hydrogen-bond donors (Lipinski definition) is 1. The third kappa shape index (κ3) is 4.46. The van der Waals surface area contributed by atoms with E-state index in [4.69, 9.17) is 16.0 Å². The lowest BCUT2D eigenvalue weighted by molar-refractivity contribution is -0.140. The quantitative estimate of drug-likeness (QED) is 0.316. The highest BCUT2D eigenvalue weighted by molar-refractivity contribution is 6.29. The van der Waals surface area contributed by atoms with Gasteiger partial charge >= 0.3 is 6.18 Å².